The van der Waals surface area contributed by atoms with E-state index >= 15 is 0 Å². The molecule has 3 aliphatic heterocycles. The summed E-state index contributed by atoms with van der Waals surface area (Å²) in [6.07, 6.45) is 6.90. The molecule has 0 amide bonds. The van der Waals surface area contributed by atoms with Crippen LogP contribution in [0.25, 0.3) is 0 Å². The van der Waals surface area contributed by atoms with E-state index in [4.69, 9.17) is 18.4 Å². The normalized spacial score (nSPS) is 38.6. The molecule has 2 spiro atoms. The van der Waals surface area contributed by atoms with Crippen LogP contribution in [0.2, 0.25) is 0 Å². The molecular formula is C24H31NO7S. The zero-order valence-corrected chi connectivity index (χ0v) is 19.7. The Morgan fingerprint density at radius 1 is 1.18 bits per heavy atom. The molecule has 2 saturated heterocycles. The van der Waals surface area contributed by atoms with Crippen LogP contribution in [0.4, 0.5) is 0 Å². The summed E-state index contributed by atoms with van der Waals surface area (Å²) in [6, 6.07) is 3.66. The number of ether oxygens (including phenoxy) is 3. The third-order valence-electron chi connectivity index (χ3n) is 9.30. The lowest BCUT2D eigenvalue weighted by Gasteiger charge is -2.65. The van der Waals surface area contributed by atoms with E-state index in [2.05, 4.69) is 4.90 Å². The third kappa shape index (κ3) is 2.63. The number of nitrogens with zero attached hydrogens (tertiary/aromatic N) is 1. The molecule has 0 aromatic heterocycles. The van der Waals surface area contributed by atoms with Crippen molar-refractivity contribution in [3.63, 3.8) is 0 Å². The lowest BCUT2D eigenvalue weighted by Crippen LogP contribution is -2.79. The average Bonchev–Trinajstić information content (AvgIpc) is 3.32. The molecule has 1 N–H and O–H groups in total. The number of likely N-dealkylation sites (tertiary alicyclic amines) is 1. The Labute approximate surface area is 194 Å². The summed E-state index contributed by atoms with van der Waals surface area (Å²) in [6.45, 7) is 2.88. The van der Waals surface area contributed by atoms with Crippen LogP contribution in [0.3, 0.4) is 0 Å². The van der Waals surface area contributed by atoms with Crippen molar-refractivity contribution in [1.29, 1.82) is 0 Å². The van der Waals surface area contributed by atoms with Gasteiger partial charge in [-0.05, 0) is 56.2 Å². The highest BCUT2D eigenvalue weighted by atomic mass is 32.2. The number of hydrogen-bond donors (Lipinski definition) is 1. The highest BCUT2D eigenvalue weighted by Crippen LogP contribution is 2.68. The second kappa shape index (κ2) is 6.63. The van der Waals surface area contributed by atoms with E-state index in [1.165, 1.54) is 19.3 Å². The second-order valence-corrected chi connectivity index (χ2v) is 12.5. The zero-order chi connectivity index (χ0) is 22.6. The quantitative estimate of drug-likeness (QED) is 0.656. The summed E-state index contributed by atoms with van der Waals surface area (Å²) in [5.41, 5.74) is 0.309. The maximum absolute atomic E-state index is 12.6. The van der Waals surface area contributed by atoms with Gasteiger partial charge < -0.3 is 23.5 Å². The van der Waals surface area contributed by atoms with Crippen molar-refractivity contribution in [2.75, 3.05) is 32.6 Å². The van der Waals surface area contributed by atoms with Gasteiger partial charge in [-0.15, -0.1) is 0 Å². The van der Waals surface area contributed by atoms with E-state index < -0.39 is 33.0 Å². The van der Waals surface area contributed by atoms with Crippen molar-refractivity contribution in [2.45, 2.75) is 73.9 Å². The maximum Gasteiger partial charge on any atom is 0.306 e. The predicted octanol–water partition coefficient (Wildman–Crippen LogP) is 1.72. The first-order chi connectivity index (χ1) is 15.8. The molecule has 9 heteroatoms. The van der Waals surface area contributed by atoms with Crippen molar-refractivity contribution in [3.05, 3.63) is 23.3 Å². The van der Waals surface area contributed by atoms with Gasteiger partial charge in [-0.1, -0.05) is 12.5 Å². The van der Waals surface area contributed by atoms with Gasteiger partial charge in [0.1, 0.15) is 0 Å². The van der Waals surface area contributed by atoms with Gasteiger partial charge >= 0.3 is 10.1 Å². The molecule has 3 aliphatic carbocycles. The first-order valence-corrected chi connectivity index (χ1v) is 14.0. The molecule has 0 radical (unpaired) electrons. The summed E-state index contributed by atoms with van der Waals surface area (Å²) in [5.74, 6) is 0.416. The van der Waals surface area contributed by atoms with Gasteiger partial charge in [-0.25, -0.2) is 0 Å². The number of aliphatic hydroxyl groups is 1. The molecule has 3 heterocycles. The van der Waals surface area contributed by atoms with Gasteiger partial charge in [0.15, 0.2) is 17.6 Å². The van der Waals surface area contributed by atoms with E-state index in [0.717, 1.165) is 42.8 Å². The summed E-state index contributed by atoms with van der Waals surface area (Å²) in [4.78, 5) is 2.52. The minimum atomic E-state index is -3.74. The number of rotatable bonds is 4. The van der Waals surface area contributed by atoms with Gasteiger partial charge in [0.2, 0.25) is 5.79 Å². The van der Waals surface area contributed by atoms with Crippen LogP contribution in [0.5, 0.6) is 11.5 Å². The van der Waals surface area contributed by atoms with Crippen LogP contribution < -0.4 is 8.92 Å². The van der Waals surface area contributed by atoms with Gasteiger partial charge in [-0.3, -0.25) is 4.90 Å². The Bertz CT molecular complexity index is 1110. The predicted molar refractivity (Wildman–Crippen MR) is 118 cm³/mol. The fraction of sp³-hybridized carbons (Fsp3) is 0.750. The first-order valence-electron chi connectivity index (χ1n) is 12.2. The Balaban J connectivity index is 1.41. The Morgan fingerprint density at radius 3 is 2.67 bits per heavy atom. The van der Waals surface area contributed by atoms with Gasteiger partial charge in [-0.2, -0.15) is 8.42 Å². The summed E-state index contributed by atoms with van der Waals surface area (Å²) in [7, 11) is -3.74. The molecule has 1 aromatic rings. The third-order valence-corrected chi connectivity index (χ3v) is 9.78. The first kappa shape index (κ1) is 20.9. The van der Waals surface area contributed by atoms with Crippen LogP contribution in [0, 0.1) is 5.92 Å². The molecule has 6 aliphatic rings. The summed E-state index contributed by atoms with van der Waals surface area (Å²) in [5, 5.41) is 12.6. The van der Waals surface area contributed by atoms with Crippen molar-refractivity contribution < 1.29 is 31.9 Å². The van der Waals surface area contributed by atoms with Crippen LogP contribution >= 0.6 is 0 Å². The minimum absolute atomic E-state index is 0.00294. The monoisotopic (exact) mass is 477 g/mol. The standard InChI is InChI=1S/C24H31NO7S/c1-33(27,28)32-17-6-5-16-13-18-23(26)7-8-24(29-11-12-30-24)21-22(23,19(16)20(17)31-21)9-10-25(18)14-15-3-2-4-15/h5-6,15,18,21,26H,2-4,7-14H2,1H3/t18-,21?,22+,23?/m1/s1. The Morgan fingerprint density at radius 2 is 1.97 bits per heavy atom. The van der Waals surface area contributed by atoms with E-state index in [1.807, 2.05) is 6.07 Å². The number of piperidine rings is 1. The molecule has 7 rings (SSSR count). The fourth-order valence-corrected chi connectivity index (χ4v) is 8.26. The summed E-state index contributed by atoms with van der Waals surface area (Å²) >= 11 is 0. The fourth-order valence-electron chi connectivity index (χ4n) is 7.80. The molecule has 4 atom stereocenters. The SMILES string of the molecule is CS(=O)(=O)Oc1ccc2c3c1OC1C4(CCC5(O)[C@@H](C2)N(CC2CCC2)CC[C@]315)OCCO4. The molecule has 2 bridgehead atoms. The van der Waals surface area contributed by atoms with E-state index in [-0.39, 0.29) is 11.8 Å². The molecule has 180 valence electrons. The minimum Gasteiger partial charge on any atom is -0.479 e. The average molecular weight is 478 g/mol. The second-order valence-electron chi connectivity index (χ2n) is 10.9. The summed E-state index contributed by atoms with van der Waals surface area (Å²) < 4.78 is 48.3. The molecule has 2 saturated carbocycles. The Hall–Kier alpha value is -1.39. The van der Waals surface area contributed by atoms with E-state index in [9.17, 15) is 13.5 Å². The lowest BCUT2D eigenvalue weighted by atomic mass is 9.48. The van der Waals surface area contributed by atoms with Crippen molar-refractivity contribution in [3.8, 4) is 11.5 Å². The molecule has 33 heavy (non-hydrogen) atoms. The van der Waals surface area contributed by atoms with Gasteiger partial charge in [0.05, 0.1) is 30.5 Å². The number of fused-ring (bicyclic) bond motifs is 1. The molecule has 2 unspecified atom stereocenters. The molecular weight excluding hydrogens is 446 g/mol. The maximum atomic E-state index is 12.6. The van der Waals surface area contributed by atoms with Crippen LogP contribution in [-0.2, 0) is 31.4 Å². The highest BCUT2D eigenvalue weighted by Gasteiger charge is 2.77. The smallest absolute Gasteiger partial charge is 0.306 e. The van der Waals surface area contributed by atoms with E-state index in [0.29, 0.717) is 38.2 Å². The van der Waals surface area contributed by atoms with Gasteiger partial charge in [0, 0.05) is 24.6 Å². The zero-order valence-electron chi connectivity index (χ0n) is 18.9. The van der Waals surface area contributed by atoms with Crippen LogP contribution in [0.15, 0.2) is 12.1 Å². The Kier molecular flexibility index (Phi) is 4.21. The van der Waals surface area contributed by atoms with Crippen LogP contribution in [-0.4, -0.2) is 74.5 Å². The lowest BCUT2D eigenvalue weighted by molar-refractivity contribution is -0.297. The van der Waals surface area contributed by atoms with Crippen LogP contribution in [0.1, 0.15) is 49.7 Å². The largest absolute Gasteiger partial charge is 0.479 e. The number of hydrogen-bond acceptors (Lipinski definition) is 8. The van der Waals surface area contributed by atoms with E-state index in [1.54, 1.807) is 6.07 Å². The van der Waals surface area contributed by atoms with Crippen molar-refractivity contribution in [2.24, 2.45) is 5.92 Å². The molecule has 8 nitrogen and oxygen atoms in total. The molecule has 1 aromatic carbocycles. The highest BCUT2D eigenvalue weighted by molar-refractivity contribution is 7.86. The van der Waals surface area contributed by atoms with Gasteiger partial charge in [0.25, 0.3) is 0 Å². The van der Waals surface area contributed by atoms with Crippen molar-refractivity contribution in [1.82, 2.24) is 4.90 Å². The van der Waals surface area contributed by atoms with Crippen molar-refractivity contribution >= 4 is 10.1 Å². The number of benzene rings is 1. The molecule has 4 fully saturated rings. The topological polar surface area (TPSA) is 94.5 Å².